The van der Waals surface area contributed by atoms with Crippen LogP contribution in [0.2, 0.25) is 0 Å². The quantitative estimate of drug-likeness (QED) is 0.643. The van der Waals surface area contributed by atoms with Crippen molar-refractivity contribution in [1.29, 1.82) is 0 Å². The molecule has 5 nitrogen and oxygen atoms in total. The lowest BCUT2D eigenvalue weighted by atomic mass is 10.1. The van der Waals surface area contributed by atoms with Crippen LogP contribution in [0.25, 0.3) is 0 Å². The summed E-state index contributed by atoms with van der Waals surface area (Å²) in [7, 11) is 0. The van der Waals surface area contributed by atoms with Gasteiger partial charge in [-0.2, -0.15) is 0 Å². The SMILES string of the molecule is CC1(C)[C@H](C(=O)O)[C@@H]1C(=O)NCC(O)C1CC1. The molecular weight excluding hydrogens is 222 g/mol. The number of aliphatic hydroxyl groups is 1. The molecule has 0 aliphatic heterocycles. The van der Waals surface area contributed by atoms with Gasteiger partial charge in [-0.15, -0.1) is 0 Å². The molecule has 0 heterocycles. The molecule has 5 heteroatoms. The number of carboxylic acid groups (broad SMARTS) is 1. The number of aliphatic carboxylic acids is 1. The lowest BCUT2D eigenvalue weighted by molar-refractivity contribution is -0.140. The summed E-state index contributed by atoms with van der Waals surface area (Å²) in [6.45, 7) is 3.81. The van der Waals surface area contributed by atoms with Crippen molar-refractivity contribution in [3.63, 3.8) is 0 Å². The van der Waals surface area contributed by atoms with E-state index in [-0.39, 0.29) is 12.5 Å². The van der Waals surface area contributed by atoms with Crippen molar-refractivity contribution < 1.29 is 19.8 Å². The molecule has 96 valence electrons. The summed E-state index contributed by atoms with van der Waals surface area (Å²) in [5.41, 5.74) is -0.472. The van der Waals surface area contributed by atoms with Crippen molar-refractivity contribution in [1.82, 2.24) is 5.32 Å². The highest BCUT2D eigenvalue weighted by Gasteiger charge is 2.65. The van der Waals surface area contributed by atoms with Gasteiger partial charge in [-0.25, -0.2) is 0 Å². The zero-order valence-corrected chi connectivity index (χ0v) is 10.1. The van der Waals surface area contributed by atoms with Crippen LogP contribution in [0.15, 0.2) is 0 Å². The maximum absolute atomic E-state index is 11.8. The van der Waals surface area contributed by atoms with Crippen LogP contribution in [0, 0.1) is 23.2 Å². The standard InChI is InChI=1S/C12H19NO4/c1-12(2)8(9(12)11(16)17)10(15)13-5-7(14)6-3-4-6/h6-9,14H,3-5H2,1-2H3,(H,13,15)(H,16,17)/t7?,8-,9+/m1/s1. The van der Waals surface area contributed by atoms with Gasteiger partial charge in [0.15, 0.2) is 0 Å². The van der Waals surface area contributed by atoms with Crippen LogP contribution in [0.5, 0.6) is 0 Å². The van der Waals surface area contributed by atoms with E-state index in [4.69, 9.17) is 5.11 Å². The smallest absolute Gasteiger partial charge is 0.307 e. The van der Waals surface area contributed by atoms with Crippen molar-refractivity contribution in [2.24, 2.45) is 23.2 Å². The molecule has 2 rings (SSSR count). The first-order chi connectivity index (χ1) is 7.85. The van der Waals surface area contributed by atoms with Gasteiger partial charge in [-0.05, 0) is 24.2 Å². The monoisotopic (exact) mass is 241 g/mol. The molecule has 0 radical (unpaired) electrons. The summed E-state index contributed by atoms with van der Waals surface area (Å²) in [4.78, 5) is 22.7. The van der Waals surface area contributed by atoms with Gasteiger partial charge in [0.05, 0.1) is 17.9 Å². The molecular formula is C12H19NO4. The molecule has 3 atom stereocenters. The number of rotatable bonds is 5. The number of carbonyl (C=O) groups excluding carboxylic acids is 1. The predicted molar refractivity (Wildman–Crippen MR) is 60.1 cm³/mol. The Bertz CT molecular complexity index is 348. The van der Waals surface area contributed by atoms with E-state index in [0.29, 0.717) is 5.92 Å². The Kier molecular flexibility index (Phi) is 2.89. The molecule has 0 aromatic heterocycles. The molecule has 2 aliphatic rings. The van der Waals surface area contributed by atoms with Crippen LogP contribution in [0.4, 0.5) is 0 Å². The minimum Gasteiger partial charge on any atom is -0.481 e. The Morgan fingerprint density at radius 2 is 1.94 bits per heavy atom. The van der Waals surface area contributed by atoms with Gasteiger partial charge < -0.3 is 15.5 Å². The van der Waals surface area contributed by atoms with E-state index in [2.05, 4.69) is 5.32 Å². The average Bonchev–Trinajstić information content (AvgIpc) is 3.08. The molecule has 0 saturated heterocycles. The number of nitrogens with one attached hydrogen (secondary N) is 1. The Hall–Kier alpha value is -1.10. The van der Waals surface area contributed by atoms with Crippen LogP contribution in [-0.2, 0) is 9.59 Å². The van der Waals surface area contributed by atoms with Gasteiger partial charge in [-0.1, -0.05) is 13.8 Å². The molecule has 1 amide bonds. The minimum absolute atomic E-state index is 0.239. The lowest BCUT2D eigenvalue weighted by Gasteiger charge is -2.11. The summed E-state index contributed by atoms with van der Waals surface area (Å²) in [5, 5.41) is 21.2. The Labute approximate surface area is 100 Å². The number of aliphatic hydroxyl groups excluding tert-OH is 1. The number of hydrogen-bond acceptors (Lipinski definition) is 3. The predicted octanol–water partition coefficient (Wildman–Crippen LogP) is 0.230. The summed E-state index contributed by atoms with van der Waals surface area (Å²) in [6.07, 6.45) is 1.55. The summed E-state index contributed by atoms with van der Waals surface area (Å²) in [5.74, 6) is -1.91. The Morgan fingerprint density at radius 1 is 1.35 bits per heavy atom. The summed E-state index contributed by atoms with van der Waals surface area (Å²) in [6, 6.07) is 0. The van der Waals surface area contributed by atoms with E-state index < -0.39 is 29.3 Å². The van der Waals surface area contributed by atoms with Crippen molar-refractivity contribution in [2.45, 2.75) is 32.8 Å². The van der Waals surface area contributed by atoms with Crippen LogP contribution in [-0.4, -0.2) is 34.7 Å². The highest BCUT2D eigenvalue weighted by Crippen LogP contribution is 2.58. The lowest BCUT2D eigenvalue weighted by Crippen LogP contribution is -2.35. The first-order valence-electron chi connectivity index (χ1n) is 6.04. The third-order valence-electron chi connectivity index (χ3n) is 4.03. The first kappa shape index (κ1) is 12.4. The summed E-state index contributed by atoms with van der Waals surface area (Å²) >= 11 is 0. The molecule has 0 bridgehead atoms. The molecule has 1 unspecified atom stereocenters. The maximum Gasteiger partial charge on any atom is 0.307 e. The maximum atomic E-state index is 11.8. The number of carbonyl (C=O) groups is 2. The van der Waals surface area contributed by atoms with Gasteiger partial charge in [0.2, 0.25) is 5.91 Å². The second kappa shape index (κ2) is 3.98. The molecule has 2 aliphatic carbocycles. The molecule has 0 aromatic rings. The number of hydrogen-bond donors (Lipinski definition) is 3. The summed E-state index contributed by atoms with van der Waals surface area (Å²) < 4.78 is 0. The molecule has 0 spiro atoms. The molecule has 0 aromatic carbocycles. The van der Waals surface area contributed by atoms with Gasteiger partial charge >= 0.3 is 5.97 Å². The minimum atomic E-state index is -0.919. The van der Waals surface area contributed by atoms with Crippen LogP contribution in [0.3, 0.4) is 0 Å². The fourth-order valence-corrected chi connectivity index (χ4v) is 2.55. The zero-order valence-electron chi connectivity index (χ0n) is 10.1. The van der Waals surface area contributed by atoms with E-state index >= 15 is 0 Å². The normalized spacial score (nSPS) is 31.7. The van der Waals surface area contributed by atoms with Gasteiger partial charge in [0.25, 0.3) is 0 Å². The van der Waals surface area contributed by atoms with Crippen molar-refractivity contribution >= 4 is 11.9 Å². The molecule has 3 N–H and O–H groups in total. The van der Waals surface area contributed by atoms with E-state index in [9.17, 15) is 14.7 Å². The van der Waals surface area contributed by atoms with Crippen molar-refractivity contribution in [2.75, 3.05) is 6.54 Å². The van der Waals surface area contributed by atoms with Crippen molar-refractivity contribution in [3.05, 3.63) is 0 Å². The number of carboxylic acids is 1. The Morgan fingerprint density at radius 3 is 2.35 bits per heavy atom. The first-order valence-corrected chi connectivity index (χ1v) is 6.04. The van der Waals surface area contributed by atoms with E-state index in [0.717, 1.165) is 12.8 Å². The van der Waals surface area contributed by atoms with Gasteiger partial charge in [0.1, 0.15) is 0 Å². The second-order valence-electron chi connectivity index (χ2n) is 5.76. The van der Waals surface area contributed by atoms with E-state index in [1.165, 1.54) is 0 Å². The largest absolute Gasteiger partial charge is 0.481 e. The van der Waals surface area contributed by atoms with Crippen molar-refractivity contribution in [3.8, 4) is 0 Å². The van der Waals surface area contributed by atoms with E-state index in [1.807, 2.05) is 0 Å². The van der Waals surface area contributed by atoms with Gasteiger partial charge in [-0.3, -0.25) is 9.59 Å². The number of amides is 1. The van der Waals surface area contributed by atoms with Gasteiger partial charge in [0, 0.05) is 6.54 Å². The van der Waals surface area contributed by atoms with E-state index in [1.54, 1.807) is 13.8 Å². The molecule has 17 heavy (non-hydrogen) atoms. The fourth-order valence-electron chi connectivity index (χ4n) is 2.55. The van der Waals surface area contributed by atoms with Crippen LogP contribution < -0.4 is 5.32 Å². The molecule has 2 fully saturated rings. The fraction of sp³-hybridized carbons (Fsp3) is 0.833. The topological polar surface area (TPSA) is 86.6 Å². The molecule has 2 saturated carbocycles. The zero-order chi connectivity index (χ0) is 12.8. The second-order valence-corrected chi connectivity index (χ2v) is 5.76. The average molecular weight is 241 g/mol. The van der Waals surface area contributed by atoms with Crippen LogP contribution in [0.1, 0.15) is 26.7 Å². The highest BCUT2D eigenvalue weighted by atomic mass is 16.4. The Balaban J connectivity index is 1.82. The third kappa shape index (κ3) is 2.29. The third-order valence-corrected chi connectivity index (χ3v) is 4.03. The van der Waals surface area contributed by atoms with Crippen LogP contribution >= 0.6 is 0 Å². The highest BCUT2D eigenvalue weighted by molar-refractivity contribution is 5.91.